The molecule has 0 radical (unpaired) electrons. The van der Waals surface area contributed by atoms with Crippen molar-refractivity contribution in [3.8, 4) is 0 Å². The van der Waals surface area contributed by atoms with Gasteiger partial charge in [-0.25, -0.2) is 4.79 Å². The Morgan fingerprint density at radius 1 is 1.19 bits per heavy atom. The van der Waals surface area contributed by atoms with Crippen molar-refractivity contribution in [2.75, 3.05) is 13.1 Å². The molecule has 2 aromatic rings. The normalized spacial score (nSPS) is 15.0. The summed E-state index contributed by atoms with van der Waals surface area (Å²) in [6, 6.07) is 9.86. The van der Waals surface area contributed by atoms with Crippen molar-refractivity contribution >= 4 is 11.7 Å². The average Bonchev–Trinajstić information content (AvgIpc) is 3.03. The topological polar surface area (TPSA) is 79.5 Å². The average molecular weight is 285 g/mol. The molecule has 1 aromatic carbocycles. The lowest BCUT2D eigenvalue weighted by Gasteiger charge is -2.27. The lowest BCUT2D eigenvalue weighted by Crippen LogP contribution is -2.35. The SMILES string of the molecule is O=C(O)N1CCC(=C(c2ccccc2)c2nnco2)CC1. The van der Waals surface area contributed by atoms with Gasteiger partial charge in [0.2, 0.25) is 12.3 Å². The summed E-state index contributed by atoms with van der Waals surface area (Å²) < 4.78 is 5.37. The number of aromatic nitrogens is 2. The van der Waals surface area contributed by atoms with Crippen molar-refractivity contribution < 1.29 is 14.3 Å². The summed E-state index contributed by atoms with van der Waals surface area (Å²) in [5, 5.41) is 16.8. The van der Waals surface area contributed by atoms with Crippen LogP contribution < -0.4 is 0 Å². The second kappa shape index (κ2) is 5.78. The number of likely N-dealkylation sites (tertiary alicyclic amines) is 1. The van der Waals surface area contributed by atoms with E-state index in [9.17, 15) is 4.79 Å². The molecule has 0 bridgehead atoms. The van der Waals surface area contributed by atoms with Crippen LogP contribution >= 0.6 is 0 Å². The Balaban J connectivity index is 1.97. The maximum Gasteiger partial charge on any atom is 0.407 e. The van der Waals surface area contributed by atoms with Gasteiger partial charge in [0.05, 0.1) is 0 Å². The van der Waals surface area contributed by atoms with E-state index in [4.69, 9.17) is 9.52 Å². The Labute approximate surface area is 121 Å². The zero-order chi connectivity index (χ0) is 14.7. The summed E-state index contributed by atoms with van der Waals surface area (Å²) in [4.78, 5) is 12.4. The minimum Gasteiger partial charge on any atom is -0.465 e. The van der Waals surface area contributed by atoms with Crippen molar-refractivity contribution in [2.45, 2.75) is 12.8 Å². The van der Waals surface area contributed by atoms with Gasteiger partial charge in [0.15, 0.2) is 0 Å². The molecule has 3 rings (SSSR count). The van der Waals surface area contributed by atoms with Gasteiger partial charge in [0.1, 0.15) is 0 Å². The van der Waals surface area contributed by atoms with Crippen LogP contribution in [0.2, 0.25) is 0 Å². The lowest BCUT2D eigenvalue weighted by atomic mass is 9.93. The highest BCUT2D eigenvalue weighted by molar-refractivity contribution is 5.78. The van der Waals surface area contributed by atoms with Gasteiger partial charge in [0, 0.05) is 18.7 Å². The van der Waals surface area contributed by atoms with Crippen molar-refractivity contribution in [1.82, 2.24) is 15.1 Å². The largest absolute Gasteiger partial charge is 0.465 e. The molecule has 1 N–H and O–H groups in total. The number of hydrogen-bond donors (Lipinski definition) is 1. The van der Waals surface area contributed by atoms with E-state index in [0.717, 1.165) is 16.7 Å². The molecule has 0 aliphatic carbocycles. The van der Waals surface area contributed by atoms with Gasteiger partial charge < -0.3 is 14.4 Å². The minimum atomic E-state index is -0.867. The molecular formula is C15H15N3O3. The monoisotopic (exact) mass is 285 g/mol. The third-order valence-corrected chi connectivity index (χ3v) is 3.63. The standard InChI is InChI=1S/C15H15N3O3/c19-15(20)18-8-6-12(7-9-18)13(14-17-16-10-21-14)11-4-2-1-3-5-11/h1-5,10H,6-9H2,(H,19,20). The fraction of sp³-hybridized carbons (Fsp3) is 0.267. The van der Waals surface area contributed by atoms with Gasteiger partial charge in [-0.3, -0.25) is 0 Å². The molecule has 1 aliphatic rings. The molecule has 1 aliphatic heterocycles. The highest BCUT2D eigenvalue weighted by atomic mass is 16.4. The van der Waals surface area contributed by atoms with E-state index in [1.54, 1.807) is 0 Å². The predicted molar refractivity (Wildman–Crippen MR) is 75.6 cm³/mol. The lowest BCUT2D eigenvalue weighted by molar-refractivity contribution is 0.141. The fourth-order valence-corrected chi connectivity index (χ4v) is 2.58. The number of piperidine rings is 1. The molecule has 6 nitrogen and oxygen atoms in total. The van der Waals surface area contributed by atoms with Crippen LogP contribution in [0.25, 0.3) is 5.57 Å². The van der Waals surface area contributed by atoms with Crippen molar-refractivity contribution in [1.29, 1.82) is 0 Å². The summed E-state index contributed by atoms with van der Waals surface area (Å²) in [5.74, 6) is 0.486. The molecule has 1 amide bonds. The zero-order valence-electron chi connectivity index (χ0n) is 11.4. The molecule has 0 spiro atoms. The minimum absolute atomic E-state index is 0.486. The van der Waals surface area contributed by atoms with Gasteiger partial charge in [-0.1, -0.05) is 35.9 Å². The Bertz CT molecular complexity index is 640. The summed E-state index contributed by atoms with van der Waals surface area (Å²) >= 11 is 0. The summed E-state index contributed by atoms with van der Waals surface area (Å²) in [7, 11) is 0. The second-order valence-corrected chi connectivity index (χ2v) is 4.86. The number of rotatable bonds is 2. The first-order chi connectivity index (χ1) is 10.3. The molecule has 1 fully saturated rings. The third-order valence-electron chi connectivity index (χ3n) is 3.63. The van der Waals surface area contributed by atoms with Crippen LogP contribution in [0.4, 0.5) is 4.79 Å². The van der Waals surface area contributed by atoms with Gasteiger partial charge >= 0.3 is 6.09 Å². The quantitative estimate of drug-likeness (QED) is 0.917. The van der Waals surface area contributed by atoms with Crippen LogP contribution in [-0.2, 0) is 0 Å². The molecule has 0 atom stereocenters. The molecular weight excluding hydrogens is 270 g/mol. The smallest absolute Gasteiger partial charge is 0.407 e. The van der Waals surface area contributed by atoms with E-state index in [2.05, 4.69) is 10.2 Å². The van der Waals surface area contributed by atoms with E-state index in [-0.39, 0.29) is 0 Å². The molecule has 1 aromatic heterocycles. The van der Waals surface area contributed by atoms with Crippen LogP contribution in [0.1, 0.15) is 24.3 Å². The molecule has 0 unspecified atom stereocenters. The van der Waals surface area contributed by atoms with E-state index in [1.807, 2.05) is 30.3 Å². The van der Waals surface area contributed by atoms with Gasteiger partial charge in [0.25, 0.3) is 0 Å². The predicted octanol–water partition coefficient (Wildman–Crippen LogP) is 2.65. The highest BCUT2D eigenvalue weighted by Gasteiger charge is 2.23. The Morgan fingerprint density at radius 3 is 2.48 bits per heavy atom. The molecule has 2 heterocycles. The first kappa shape index (κ1) is 13.4. The van der Waals surface area contributed by atoms with Crippen LogP contribution in [0, 0.1) is 0 Å². The number of benzene rings is 1. The molecule has 21 heavy (non-hydrogen) atoms. The Kier molecular flexibility index (Phi) is 3.68. The highest BCUT2D eigenvalue weighted by Crippen LogP contribution is 2.31. The first-order valence-corrected chi connectivity index (χ1v) is 6.77. The van der Waals surface area contributed by atoms with Gasteiger partial charge in [-0.15, -0.1) is 10.2 Å². The third kappa shape index (κ3) is 2.79. The number of carbonyl (C=O) groups is 1. The Morgan fingerprint density at radius 2 is 1.90 bits per heavy atom. The number of nitrogens with zero attached hydrogens (tertiary/aromatic N) is 3. The van der Waals surface area contributed by atoms with Crippen molar-refractivity contribution in [3.05, 3.63) is 53.8 Å². The van der Waals surface area contributed by atoms with Gasteiger partial charge in [-0.05, 0) is 18.4 Å². The molecule has 108 valence electrons. The first-order valence-electron chi connectivity index (χ1n) is 6.77. The van der Waals surface area contributed by atoms with E-state index >= 15 is 0 Å². The maximum atomic E-state index is 11.0. The number of hydrogen-bond acceptors (Lipinski definition) is 4. The van der Waals surface area contributed by atoms with Crippen LogP contribution in [0.5, 0.6) is 0 Å². The number of carboxylic acid groups (broad SMARTS) is 1. The van der Waals surface area contributed by atoms with Crippen molar-refractivity contribution in [3.63, 3.8) is 0 Å². The van der Waals surface area contributed by atoms with E-state index in [1.165, 1.54) is 11.3 Å². The molecule has 1 saturated heterocycles. The Hall–Kier alpha value is -2.63. The summed E-state index contributed by atoms with van der Waals surface area (Å²) in [6.45, 7) is 0.990. The maximum absolute atomic E-state index is 11.0. The summed E-state index contributed by atoms with van der Waals surface area (Å²) in [6.07, 6.45) is 1.80. The van der Waals surface area contributed by atoms with Crippen LogP contribution in [-0.4, -0.2) is 39.4 Å². The van der Waals surface area contributed by atoms with E-state index in [0.29, 0.717) is 31.8 Å². The van der Waals surface area contributed by atoms with Gasteiger partial charge in [-0.2, -0.15) is 0 Å². The van der Waals surface area contributed by atoms with Crippen LogP contribution in [0.3, 0.4) is 0 Å². The van der Waals surface area contributed by atoms with Crippen molar-refractivity contribution in [2.24, 2.45) is 0 Å². The number of amides is 1. The van der Waals surface area contributed by atoms with E-state index < -0.39 is 6.09 Å². The summed E-state index contributed by atoms with van der Waals surface area (Å²) in [5.41, 5.74) is 3.10. The molecule has 0 saturated carbocycles. The second-order valence-electron chi connectivity index (χ2n) is 4.86. The fourth-order valence-electron chi connectivity index (χ4n) is 2.58. The van der Waals surface area contributed by atoms with Crippen LogP contribution in [0.15, 0.2) is 46.7 Å². The molecule has 6 heteroatoms. The zero-order valence-corrected chi connectivity index (χ0v) is 11.4.